The van der Waals surface area contributed by atoms with Gasteiger partial charge in [-0.05, 0) is 18.6 Å². The van der Waals surface area contributed by atoms with Crippen molar-refractivity contribution in [1.29, 1.82) is 0 Å². The van der Waals surface area contributed by atoms with Crippen LogP contribution in [-0.2, 0) is 6.61 Å². The molecule has 2 nitrogen and oxygen atoms in total. The molecule has 2 N–H and O–H groups in total. The molecule has 0 aromatic heterocycles. The monoisotopic (exact) mass is 216 g/mol. The molecule has 0 aliphatic carbocycles. The summed E-state index contributed by atoms with van der Waals surface area (Å²) in [6, 6.07) is 4.73. The van der Waals surface area contributed by atoms with Gasteiger partial charge in [0.15, 0.2) is 0 Å². The molecule has 0 heterocycles. The van der Waals surface area contributed by atoms with Crippen LogP contribution in [0.5, 0.6) is 0 Å². The van der Waals surface area contributed by atoms with Crippen LogP contribution in [0.15, 0.2) is 23.1 Å². The Balaban J connectivity index is 2.70. The van der Waals surface area contributed by atoms with Crippen LogP contribution in [0.2, 0.25) is 0 Å². The summed E-state index contributed by atoms with van der Waals surface area (Å²) in [6.45, 7) is -0.148. The molecule has 0 fully saturated rings. The van der Waals surface area contributed by atoms with E-state index in [2.05, 4.69) is 0 Å². The lowest BCUT2D eigenvalue weighted by atomic mass is 10.2. The lowest BCUT2D eigenvalue weighted by molar-refractivity contribution is 0.272. The first-order chi connectivity index (χ1) is 6.79. The summed E-state index contributed by atoms with van der Waals surface area (Å²) >= 11 is 1.45. The van der Waals surface area contributed by atoms with Crippen LogP contribution in [-0.4, -0.2) is 22.6 Å². The van der Waals surface area contributed by atoms with Gasteiger partial charge in [-0.3, -0.25) is 0 Å². The standard InChI is InChI=1S/C10H13FO2S/c11-9-3-1-4-10(8(9)7-13)14-6-2-5-12/h1,3-4,12-13H,2,5-7H2. The topological polar surface area (TPSA) is 40.5 Å². The smallest absolute Gasteiger partial charge is 0.129 e. The van der Waals surface area contributed by atoms with Gasteiger partial charge in [0.25, 0.3) is 0 Å². The van der Waals surface area contributed by atoms with Crippen molar-refractivity contribution in [3.05, 3.63) is 29.6 Å². The number of hydrogen-bond acceptors (Lipinski definition) is 3. The van der Waals surface area contributed by atoms with Gasteiger partial charge in [-0.2, -0.15) is 0 Å². The second kappa shape index (κ2) is 6.01. The molecular formula is C10H13FO2S. The molecule has 0 radical (unpaired) electrons. The molecule has 0 aliphatic heterocycles. The number of aliphatic hydroxyl groups is 2. The molecule has 4 heteroatoms. The van der Waals surface area contributed by atoms with Crippen LogP contribution in [0.3, 0.4) is 0 Å². The van der Waals surface area contributed by atoms with E-state index in [-0.39, 0.29) is 19.0 Å². The van der Waals surface area contributed by atoms with Crippen LogP contribution < -0.4 is 0 Å². The van der Waals surface area contributed by atoms with E-state index < -0.39 is 0 Å². The number of aliphatic hydroxyl groups excluding tert-OH is 2. The Labute approximate surface area is 86.8 Å². The largest absolute Gasteiger partial charge is 0.396 e. The molecule has 0 amide bonds. The summed E-state index contributed by atoms with van der Waals surface area (Å²) in [5, 5.41) is 17.5. The van der Waals surface area contributed by atoms with Crippen molar-refractivity contribution in [2.45, 2.75) is 17.9 Å². The molecule has 1 aromatic rings. The van der Waals surface area contributed by atoms with Gasteiger partial charge in [-0.25, -0.2) is 4.39 Å². The van der Waals surface area contributed by atoms with Crippen molar-refractivity contribution in [3.8, 4) is 0 Å². The predicted octanol–water partition coefficient (Wildman–Crippen LogP) is 1.79. The SMILES string of the molecule is OCCCSc1cccc(F)c1CO. The van der Waals surface area contributed by atoms with Crippen LogP contribution in [0.25, 0.3) is 0 Å². The maximum atomic E-state index is 13.1. The van der Waals surface area contributed by atoms with Crippen molar-refractivity contribution in [1.82, 2.24) is 0 Å². The Hall–Kier alpha value is -0.580. The molecule has 1 aromatic carbocycles. The first kappa shape index (κ1) is 11.5. The van der Waals surface area contributed by atoms with E-state index in [9.17, 15) is 4.39 Å². The van der Waals surface area contributed by atoms with Crippen molar-refractivity contribution in [2.75, 3.05) is 12.4 Å². The Morgan fingerprint density at radius 1 is 1.29 bits per heavy atom. The fraction of sp³-hybridized carbons (Fsp3) is 0.400. The fourth-order valence-electron chi connectivity index (χ4n) is 1.07. The van der Waals surface area contributed by atoms with Gasteiger partial charge in [-0.15, -0.1) is 11.8 Å². The second-order valence-electron chi connectivity index (χ2n) is 2.80. The molecule has 0 aliphatic rings. The van der Waals surface area contributed by atoms with E-state index in [0.29, 0.717) is 12.0 Å². The Kier molecular flexibility index (Phi) is 4.93. The van der Waals surface area contributed by atoms with Crippen LogP contribution in [0.1, 0.15) is 12.0 Å². The van der Waals surface area contributed by atoms with Gasteiger partial charge in [0.2, 0.25) is 0 Å². The average Bonchev–Trinajstić information content (AvgIpc) is 2.18. The van der Waals surface area contributed by atoms with Crippen LogP contribution in [0, 0.1) is 5.82 Å². The molecule has 0 atom stereocenters. The van der Waals surface area contributed by atoms with Crippen molar-refractivity contribution in [3.63, 3.8) is 0 Å². The zero-order valence-electron chi connectivity index (χ0n) is 7.74. The highest BCUT2D eigenvalue weighted by Gasteiger charge is 2.06. The highest BCUT2D eigenvalue weighted by atomic mass is 32.2. The summed E-state index contributed by atoms with van der Waals surface area (Å²) in [6.07, 6.45) is 0.673. The van der Waals surface area contributed by atoms with Gasteiger partial charge in [-0.1, -0.05) is 6.07 Å². The van der Waals surface area contributed by atoms with Gasteiger partial charge in [0, 0.05) is 22.8 Å². The average molecular weight is 216 g/mol. The molecule has 1 rings (SSSR count). The van der Waals surface area contributed by atoms with Gasteiger partial charge >= 0.3 is 0 Å². The Morgan fingerprint density at radius 2 is 2.07 bits per heavy atom. The van der Waals surface area contributed by atoms with Crippen LogP contribution >= 0.6 is 11.8 Å². The van der Waals surface area contributed by atoms with E-state index in [1.54, 1.807) is 12.1 Å². The minimum Gasteiger partial charge on any atom is -0.396 e. The second-order valence-corrected chi connectivity index (χ2v) is 3.94. The molecular weight excluding hydrogens is 203 g/mol. The fourth-order valence-corrected chi connectivity index (χ4v) is 2.08. The molecule has 0 bridgehead atoms. The maximum Gasteiger partial charge on any atom is 0.129 e. The molecule has 0 saturated heterocycles. The predicted molar refractivity (Wildman–Crippen MR) is 54.7 cm³/mol. The van der Waals surface area contributed by atoms with E-state index >= 15 is 0 Å². The zero-order chi connectivity index (χ0) is 10.4. The lowest BCUT2D eigenvalue weighted by Gasteiger charge is -2.06. The Bertz CT molecular complexity index is 291. The number of thioether (sulfide) groups is 1. The summed E-state index contributed by atoms with van der Waals surface area (Å²) in [4.78, 5) is 0.751. The van der Waals surface area contributed by atoms with Gasteiger partial charge in [0.1, 0.15) is 5.82 Å². The third-order valence-corrected chi connectivity index (χ3v) is 2.98. The lowest BCUT2D eigenvalue weighted by Crippen LogP contribution is -1.94. The normalized spacial score (nSPS) is 10.5. The van der Waals surface area contributed by atoms with E-state index in [1.165, 1.54) is 17.8 Å². The summed E-state index contributed by atoms with van der Waals surface area (Å²) < 4.78 is 13.1. The number of hydrogen-bond donors (Lipinski definition) is 2. The summed E-state index contributed by atoms with van der Waals surface area (Å²) in [5.74, 6) is 0.356. The number of benzene rings is 1. The Morgan fingerprint density at radius 3 is 2.71 bits per heavy atom. The zero-order valence-corrected chi connectivity index (χ0v) is 8.56. The van der Waals surface area contributed by atoms with Gasteiger partial charge in [0.05, 0.1) is 6.61 Å². The number of halogens is 1. The molecule has 14 heavy (non-hydrogen) atoms. The third-order valence-electron chi connectivity index (χ3n) is 1.79. The summed E-state index contributed by atoms with van der Waals surface area (Å²) in [7, 11) is 0. The van der Waals surface area contributed by atoms with E-state index in [4.69, 9.17) is 10.2 Å². The highest BCUT2D eigenvalue weighted by molar-refractivity contribution is 7.99. The maximum absolute atomic E-state index is 13.1. The molecule has 0 spiro atoms. The van der Waals surface area contributed by atoms with Gasteiger partial charge < -0.3 is 10.2 Å². The minimum absolute atomic E-state index is 0.136. The quantitative estimate of drug-likeness (QED) is 0.582. The first-order valence-electron chi connectivity index (χ1n) is 4.41. The molecule has 0 unspecified atom stereocenters. The molecule has 78 valence electrons. The van der Waals surface area contributed by atoms with Crippen LogP contribution in [0.4, 0.5) is 4.39 Å². The molecule has 0 saturated carbocycles. The first-order valence-corrected chi connectivity index (χ1v) is 5.40. The highest BCUT2D eigenvalue weighted by Crippen LogP contribution is 2.25. The minimum atomic E-state index is -0.374. The third kappa shape index (κ3) is 2.97. The number of rotatable bonds is 5. The van der Waals surface area contributed by atoms with Crippen molar-refractivity contribution < 1.29 is 14.6 Å². The van der Waals surface area contributed by atoms with E-state index in [1.807, 2.05) is 0 Å². The summed E-state index contributed by atoms with van der Waals surface area (Å²) in [5.41, 5.74) is 0.343. The van der Waals surface area contributed by atoms with Crippen molar-refractivity contribution in [2.24, 2.45) is 0 Å². The van der Waals surface area contributed by atoms with Crippen molar-refractivity contribution >= 4 is 11.8 Å². The van der Waals surface area contributed by atoms with E-state index in [0.717, 1.165) is 10.6 Å².